The van der Waals surface area contributed by atoms with E-state index >= 15 is 0 Å². The van der Waals surface area contributed by atoms with Crippen LogP contribution in [0.4, 0.5) is 9.18 Å². The number of rotatable bonds is 5. The number of nitrogens with one attached hydrogen (secondary N) is 1. The molecule has 1 amide bonds. The van der Waals surface area contributed by atoms with Gasteiger partial charge in [-0.25, -0.2) is 14.2 Å². The van der Waals surface area contributed by atoms with Gasteiger partial charge in [-0.05, 0) is 52.5 Å². The minimum Gasteiger partial charge on any atom is -0.481 e. The third kappa shape index (κ3) is 5.76. The fraction of sp³-hybridized carbons (Fsp3) is 0.571. The molecule has 2 aromatic heterocycles. The van der Waals surface area contributed by atoms with Crippen molar-refractivity contribution >= 4 is 17.1 Å². The van der Waals surface area contributed by atoms with Crippen molar-refractivity contribution in [3.05, 3.63) is 29.7 Å². The minimum atomic E-state index is -0.532. The SMILES string of the molecule is COc1ccc2ncc(F)c(CC[C@@H]3CC[C@@H](NC(=O)OC(C)(C)C)CO3)c2n1. The molecule has 0 spiro atoms. The number of hydrogen-bond acceptors (Lipinski definition) is 6. The number of nitrogens with zero attached hydrogens (tertiary/aromatic N) is 2. The Balaban J connectivity index is 1.56. The first-order chi connectivity index (χ1) is 13.7. The number of hydrogen-bond donors (Lipinski definition) is 1. The number of amides is 1. The first-order valence-electron chi connectivity index (χ1n) is 9.84. The van der Waals surface area contributed by atoms with E-state index in [-0.39, 0.29) is 18.0 Å². The van der Waals surface area contributed by atoms with Crippen molar-refractivity contribution in [1.29, 1.82) is 0 Å². The second kappa shape index (κ2) is 8.90. The summed E-state index contributed by atoms with van der Waals surface area (Å²) in [5, 5.41) is 2.84. The van der Waals surface area contributed by atoms with Crippen LogP contribution in [0.15, 0.2) is 18.3 Å². The number of methoxy groups -OCH3 is 1. The van der Waals surface area contributed by atoms with Gasteiger partial charge in [0.1, 0.15) is 11.4 Å². The van der Waals surface area contributed by atoms with Crippen LogP contribution in [0.2, 0.25) is 0 Å². The van der Waals surface area contributed by atoms with Gasteiger partial charge in [0.15, 0.2) is 0 Å². The number of halogens is 1. The topological polar surface area (TPSA) is 82.6 Å². The number of aryl methyl sites for hydroxylation is 1. The Morgan fingerprint density at radius 2 is 2.14 bits per heavy atom. The van der Waals surface area contributed by atoms with E-state index in [4.69, 9.17) is 14.2 Å². The van der Waals surface area contributed by atoms with Crippen LogP contribution in [0.3, 0.4) is 0 Å². The van der Waals surface area contributed by atoms with E-state index in [9.17, 15) is 9.18 Å². The minimum absolute atomic E-state index is 0.0000837. The van der Waals surface area contributed by atoms with Gasteiger partial charge in [-0.15, -0.1) is 0 Å². The normalized spacial score (nSPS) is 19.8. The molecule has 3 heterocycles. The third-order valence-electron chi connectivity index (χ3n) is 4.76. The number of aromatic nitrogens is 2. The number of alkyl carbamates (subject to hydrolysis) is 1. The number of carbonyl (C=O) groups is 1. The molecule has 0 aliphatic carbocycles. The molecule has 0 aromatic carbocycles. The van der Waals surface area contributed by atoms with Gasteiger partial charge >= 0.3 is 6.09 Å². The molecular weight excluding hydrogens is 377 g/mol. The smallest absolute Gasteiger partial charge is 0.407 e. The van der Waals surface area contributed by atoms with Crippen LogP contribution in [0, 0.1) is 5.82 Å². The summed E-state index contributed by atoms with van der Waals surface area (Å²) >= 11 is 0. The van der Waals surface area contributed by atoms with Crippen LogP contribution in [0.1, 0.15) is 45.6 Å². The van der Waals surface area contributed by atoms with Crippen molar-refractivity contribution < 1.29 is 23.4 Å². The molecule has 1 fully saturated rings. The average Bonchev–Trinajstić information content (AvgIpc) is 2.66. The van der Waals surface area contributed by atoms with Crippen molar-refractivity contribution in [2.75, 3.05) is 13.7 Å². The molecule has 0 saturated carbocycles. The Bertz CT molecular complexity index is 861. The molecule has 1 N–H and O–H groups in total. The summed E-state index contributed by atoms with van der Waals surface area (Å²) in [5.41, 5.74) is 1.14. The second-order valence-electron chi connectivity index (χ2n) is 8.22. The third-order valence-corrected chi connectivity index (χ3v) is 4.76. The Hall–Kier alpha value is -2.48. The van der Waals surface area contributed by atoms with Crippen LogP contribution in [0.5, 0.6) is 5.88 Å². The fourth-order valence-electron chi connectivity index (χ4n) is 3.36. The molecule has 158 valence electrons. The molecular formula is C21H28FN3O4. The molecule has 0 radical (unpaired) electrons. The van der Waals surface area contributed by atoms with E-state index in [0.717, 1.165) is 12.8 Å². The van der Waals surface area contributed by atoms with Gasteiger partial charge in [0, 0.05) is 11.6 Å². The lowest BCUT2D eigenvalue weighted by molar-refractivity contribution is -0.0114. The maximum absolute atomic E-state index is 14.4. The van der Waals surface area contributed by atoms with Crippen LogP contribution in [0.25, 0.3) is 11.0 Å². The van der Waals surface area contributed by atoms with E-state index in [1.807, 2.05) is 20.8 Å². The summed E-state index contributed by atoms with van der Waals surface area (Å²) in [6.45, 7) is 5.89. The molecule has 2 atom stereocenters. The van der Waals surface area contributed by atoms with E-state index < -0.39 is 11.7 Å². The molecule has 7 nitrogen and oxygen atoms in total. The van der Waals surface area contributed by atoms with Gasteiger partial charge in [0.25, 0.3) is 0 Å². The Kier molecular flexibility index (Phi) is 6.52. The average molecular weight is 405 g/mol. The molecule has 3 rings (SSSR count). The lowest BCUT2D eigenvalue weighted by Crippen LogP contribution is -2.44. The van der Waals surface area contributed by atoms with Crippen molar-refractivity contribution in [3.8, 4) is 5.88 Å². The first-order valence-corrected chi connectivity index (χ1v) is 9.84. The molecule has 1 aliphatic heterocycles. The molecule has 0 bridgehead atoms. The predicted molar refractivity (Wildman–Crippen MR) is 107 cm³/mol. The van der Waals surface area contributed by atoms with Crippen molar-refractivity contribution in [2.24, 2.45) is 0 Å². The van der Waals surface area contributed by atoms with Crippen LogP contribution in [-0.4, -0.2) is 47.5 Å². The lowest BCUT2D eigenvalue weighted by atomic mass is 9.98. The largest absolute Gasteiger partial charge is 0.481 e. The molecule has 8 heteroatoms. The number of ether oxygens (including phenoxy) is 3. The highest BCUT2D eigenvalue weighted by Crippen LogP contribution is 2.25. The van der Waals surface area contributed by atoms with Gasteiger partial charge in [-0.3, -0.25) is 4.98 Å². The van der Waals surface area contributed by atoms with Gasteiger partial charge in [0.05, 0.1) is 43.1 Å². The maximum Gasteiger partial charge on any atom is 0.407 e. The maximum atomic E-state index is 14.4. The summed E-state index contributed by atoms with van der Waals surface area (Å²) in [5.74, 6) is 0.0506. The Morgan fingerprint density at radius 3 is 2.79 bits per heavy atom. The Morgan fingerprint density at radius 1 is 1.34 bits per heavy atom. The van der Waals surface area contributed by atoms with Crippen molar-refractivity contribution in [3.63, 3.8) is 0 Å². The zero-order valence-corrected chi connectivity index (χ0v) is 17.3. The van der Waals surface area contributed by atoms with Crippen molar-refractivity contribution in [2.45, 2.75) is 64.2 Å². The standard InChI is InChI=1S/C21H28FN3O4/c1-21(2,3)29-20(26)24-13-5-6-14(28-12-13)7-8-15-16(22)11-23-17-9-10-18(27-4)25-19(15)17/h9-11,13-14H,5-8,12H2,1-4H3,(H,24,26)/t13-,14+/m1/s1. The van der Waals surface area contributed by atoms with Gasteiger partial charge < -0.3 is 19.5 Å². The van der Waals surface area contributed by atoms with Gasteiger partial charge in [0.2, 0.25) is 5.88 Å². The summed E-state index contributed by atoms with van der Waals surface area (Å²) in [6, 6.07) is 3.40. The van der Waals surface area contributed by atoms with Crippen LogP contribution in [-0.2, 0) is 15.9 Å². The fourth-order valence-corrected chi connectivity index (χ4v) is 3.36. The number of pyridine rings is 2. The summed E-state index contributed by atoms with van der Waals surface area (Å²) in [4.78, 5) is 20.3. The highest BCUT2D eigenvalue weighted by molar-refractivity contribution is 5.78. The van der Waals surface area contributed by atoms with Gasteiger partial charge in [-0.1, -0.05) is 0 Å². The quantitative estimate of drug-likeness (QED) is 0.815. The van der Waals surface area contributed by atoms with Crippen LogP contribution < -0.4 is 10.1 Å². The highest BCUT2D eigenvalue weighted by Gasteiger charge is 2.25. The van der Waals surface area contributed by atoms with E-state index in [1.54, 1.807) is 12.1 Å². The van der Waals surface area contributed by atoms with E-state index in [1.165, 1.54) is 13.3 Å². The highest BCUT2D eigenvalue weighted by atomic mass is 19.1. The summed E-state index contributed by atoms with van der Waals surface area (Å²) in [6.07, 6.45) is 3.51. The lowest BCUT2D eigenvalue weighted by Gasteiger charge is -2.30. The molecule has 1 saturated heterocycles. The number of fused-ring (bicyclic) bond motifs is 1. The van der Waals surface area contributed by atoms with E-state index in [0.29, 0.717) is 41.9 Å². The molecule has 2 aromatic rings. The number of carbonyl (C=O) groups excluding carboxylic acids is 1. The zero-order valence-electron chi connectivity index (χ0n) is 17.3. The van der Waals surface area contributed by atoms with E-state index in [2.05, 4.69) is 15.3 Å². The second-order valence-corrected chi connectivity index (χ2v) is 8.22. The predicted octanol–water partition coefficient (Wildman–Crippen LogP) is 3.78. The zero-order chi connectivity index (χ0) is 21.0. The summed E-state index contributed by atoms with van der Waals surface area (Å²) in [7, 11) is 1.53. The molecule has 29 heavy (non-hydrogen) atoms. The first kappa shape index (κ1) is 21.2. The van der Waals surface area contributed by atoms with Crippen LogP contribution >= 0.6 is 0 Å². The van der Waals surface area contributed by atoms with Crippen molar-refractivity contribution in [1.82, 2.24) is 15.3 Å². The Labute approximate surface area is 170 Å². The van der Waals surface area contributed by atoms with Gasteiger partial charge in [-0.2, -0.15) is 0 Å². The molecule has 0 unspecified atom stereocenters. The summed E-state index contributed by atoms with van der Waals surface area (Å²) < 4.78 is 30.7. The molecule has 1 aliphatic rings. The monoisotopic (exact) mass is 405 g/mol.